The van der Waals surface area contributed by atoms with E-state index >= 15 is 0 Å². The molecule has 0 bridgehead atoms. The van der Waals surface area contributed by atoms with Crippen LogP contribution in [0.3, 0.4) is 0 Å². The molecule has 0 radical (unpaired) electrons. The van der Waals surface area contributed by atoms with Crippen LogP contribution in [-0.2, 0) is 26.1 Å². The smallest absolute Gasteiger partial charge is 0.247 e. The molecule has 0 spiro atoms. The van der Waals surface area contributed by atoms with Crippen molar-refractivity contribution in [2.75, 3.05) is 5.32 Å². The molecule has 0 unspecified atom stereocenters. The minimum Gasteiger partial charge on any atom is -0.365 e. The van der Waals surface area contributed by atoms with Gasteiger partial charge in [-0.25, -0.2) is 9.97 Å². The summed E-state index contributed by atoms with van der Waals surface area (Å²) in [5, 5.41) is 9.01. The molecular weight excluding hydrogens is 450 g/mol. The van der Waals surface area contributed by atoms with E-state index < -0.39 is 0 Å². The first-order valence-electron chi connectivity index (χ1n) is 11.9. The second-order valence-corrected chi connectivity index (χ2v) is 9.12. The zero-order chi connectivity index (χ0) is 25.1. The number of nitrogens with one attached hydrogen (secondary N) is 2. The van der Waals surface area contributed by atoms with Gasteiger partial charge in [-0.3, -0.25) is 9.48 Å². The Hall–Kier alpha value is -4.30. The van der Waals surface area contributed by atoms with E-state index in [1.807, 2.05) is 16.9 Å². The number of rotatable bonds is 8. The molecule has 3 heterocycles. The van der Waals surface area contributed by atoms with Gasteiger partial charge in [-0.05, 0) is 53.6 Å². The van der Waals surface area contributed by atoms with Crippen LogP contribution in [0.1, 0.15) is 38.9 Å². The average molecular weight is 480 g/mol. The summed E-state index contributed by atoms with van der Waals surface area (Å²) in [5.41, 5.74) is 14.7. The summed E-state index contributed by atoms with van der Waals surface area (Å²) < 4.78 is 1.89. The molecule has 0 aliphatic carbocycles. The number of hydrogen-bond acceptors (Lipinski definition) is 6. The normalized spacial score (nSPS) is 11.2. The number of aromatic amines is 1. The summed E-state index contributed by atoms with van der Waals surface area (Å²) in [6.45, 7) is 5.96. The minimum atomic E-state index is -0.0886. The van der Waals surface area contributed by atoms with Crippen LogP contribution < -0.4 is 16.6 Å². The van der Waals surface area contributed by atoms with Gasteiger partial charge in [-0.1, -0.05) is 48.0 Å². The SMILES string of the molecule is Cc1cc(C)c(CNc2ncnc3nn(Cc4ccc(Cc5ccc(=O)[nH]c5)cc4)cc23)c(CN)c1. The second-order valence-electron chi connectivity index (χ2n) is 9.12. The topological polar surface area (TPSA) is 115 Å². The Kier molecular flexibility index (Phi) is 6.60. The number of aromatic nitrogens is 5. The van der Waals surface area contributed by atoms with Crippen molar-refractivity contribution < 1.29 is 0 Å². The van der Waals surface area contributed by atoms with E-state index in [1.165, 1.54) is 22.3 Å². The fourth-order valence-electron chi connectivity index (χ4n) is 4.54. The molecule has 8 heteroatoms. The highest BCUT2D eigenvalue weighted by molar-refractivity contribution is 5.85. The van der Waals surface area contributed by atoms with E-state index in [-0.39, 0.29) is 5.56 Å². The number of H-pyrrole nitrogens is 1. The third-order valence-corrected chi connectivity index (χ3v) is 6.35. The van der Waals surface area contributed by atoms with Crippen LogP contribution in [0.4, 0.5) is 5.82 Å². The number of aryl methyl sites for hydroxylation is 2. The average Bonchev–Trinajstić information content (AvgIpc) is 3.29. The standard InChI is InChI=1S/C28H29N7O/c1-18-9-19(2)24(23(10-18)12-29)14-31-27-25-16-35(34-28(25)33-17-32-27)15-21-5-3-20(4-6-21)11-22-7-8-26(36)30-13-22/h3-10,13,16-17H,11-12,14-15,29H2,1-2H3,(H,30,36)(H,31,32,33,34). The van der Waals surface area contributed by atoms with Crippen molar-refractivity contribution in [3.63, 3.8) is 0 Å². The van der Waals surface area contributed by atoms with Gasteiger partial charge in [0.2, 0.25) is 5.56 Å². The Morgan fingerprint density at radius 1 is 1.00 bits per heavy atom. The van der Waals surface area contributed by atoms with Crippen LogP contribution >= 0.6 is 0 Å². The van der Waals surface area contributed by atoms with Crippen LogP contribution in [-0.4, -0.2) is 24.7 Å². The molecule has 3 aromatic heterocycles. The molecule has 0 aliphatic heterocycles. The van der Waals surface area contributed by atoms with Crippen LogP contribution in [0.5, 0.6) is 0 Å². The van der Waals surface area contributed by atoms with Crippen LogP contribution in [0.25, 0.3) is 11.0 Å². The first-order valence-corrected chi connectivity index (χ1v) is 11.9. The highest BCUT2D eigenvalue weighted by Gasteiger charge is 2.11. The lowest BCUT2D eigenvalue weighted by molar-refractivity contribution is 0.693. The minimum absolute atomic E-state index is 0.0886. The quantitative estimate of drug-likeness (QED) is 0.312. The number of nitrogens with two attached hydrogens (primary N) is 1. The number of pyridine rings is 1. The third kappa shape index (κ3) is 5.18. The molecule has 5 rings (SSSR count). The number of fused-ring (bicyclic) bond motifs is 1. The van der Waals surface area contributed by atoms with Gasteiger partial charge < -0.3 is 16.0 Å². The molecule has 0 fully saturated rings. The summed E-state index contributed by atoms with van der Waals surface area (Å²) in [4.78, 5) is 22.8. The van der Waals surface area contributed by atoms with E-state index in [1.54, 1.807) is 18.6 Å². The molecule has 0 atom stereocenters. The van der Waals surface area contributed by atoms with Crippen molar-refractivity contribution in [2.24, 2.45) is 5.73 Å². The highest BCUT2D eigenvalue weighted by atomic mass is 16.1. The summed E-state index contributed by atoms with van der Waals surface area (Å²) >= 11 is 0. The monoisotopic (exact) mass is 479 g/mol. The maximum absolute atomic E-state index is 11.2. The number of benzene rings is 2. The maximum Gasteiger partial charge on any atom is 0.247 e. The molecule has 0 saturated carbocycles. The summed E-state index contributed by atoms with van der Waals surface area (Å²) in [6.07, 6.45) is 6.05. The second kappa shape index (κ2) is 10.1. The molecule has 0 aliphatic rings. The van der Waals surface area contributed by atoms with Crippen LogP contribution in [0.15, 0.2) is 72.0 Å². The van der Waals surface area contributed by atoms with Gasteiger partial charge in [0.1, 0.15) is 12.1 Å². The molecule has 0 amide bonds. The summed E-state index contributed by atoms with van der Waals surface area (Å²) in [7, 11) is 0. The van der Waals surface area contributed by atoms with Gasteiger partial charge >= 0.3 is 0 Å². The summed E-state index contributed by atoms with van der Waals surface area (Å²) in [6, 6.07) is 16.1. The summed E-state index contributed by atoms with van der Waals surface area (Å²) in [5.74, 6) is 0.755. The van der Waals surface area contributed by atoms with Gasteiger partial charge in [-0.15, -0.1) is 0 Å². The lowest BCUT2D eigenvalue weighted by Gasteiger charge is -2.14. The third-order valence-electron chi connectivity index (χ3n) is 6.35. The lowest BCUT2D eigenvalue weighted by Crippen LogP contribution is -2.10. The Morgan fingerprint density at radius 3 is 2.53 bits per heavy atom. The fraction of sp³-hybridized carbons (Fsp3) is 0.214. The largest absolute Gasteiger partial charge is 0.365 e. The lowest BCUT2D eigenvalue weighted by atomic mass is 9.99. The fourth-order valence-corrected chi connectivity index (χ4v) is 4.54. The molecule has 8 nitrogen and oxygen atoms in total. The van der Waals surface area contributed by atoms with E-state index in [9.17, 15) is 4.79 Å². The predicted octanol–water partition coefficient (Wildman–Crippen LogP) is 3.84. The van der Waals surface area contributed by atoms with Gasteiger partial charge in [-0.2, -0.15) is 5.10 Å². The maximum atomic E-state index is 11.2. The van der Waals surface area contributed by atoms with Gasteiger partial charge in [0.05, 0.1) is 11.9 Å². The zero-order valence-electron chi connectivity index (χ0n) is 20.5. The van der Waals surface area contributed by atoms with E-state index in [0.717, 1.165) is 34.3 Å². The van der Waals surface area contributed by atoms with Gasteiger partial charge in [0, 0.05) is 31.5 Å². The molecule has 5 aromatic rings. The molecule has 0 saturated heterocycles. The van der Waals surface area contributed by atoms with Crippen molar-refractivity contribution in [1.82, 2.24) is 24.7 Å². The molecule has 182 valence electrons. The van der Waals surface area contributed by atoms with Crippen molar-refractivity contribution >= 4 is 16.9 Å². The number of nitrogens with zero attached hydrogens (tertiary/aromatic N) is 4. The Balaban J connectivity index is 1.30. The van der Waals surface area contributed by atoms with Crippen molar-refractivity contribution in [2.45, 2.75) is 39.9 Å². The van der Waals surface area contributed by atoms with Crippen molar-refractivity contribution in [3.8, 4) is 0 Å². The number of anilines is 1. The van der Waals surface area contributed by atoms with E-state index in [2.05, 4.69) is 75.6 Å². The molecule has 2 aromatic carbocycles. The predicted molar refractivity (Wildman–Crippen MR) is 142 cm³/mol. The van der Waals surface area contributed by atoms with Gasteiger partial charge in [0.15, 0.2) is 5.65 Å². The number of hydrogen-bond donors (Lipinski definition) is 3. The Labute approximate surface area is 209 Å². The molecular formula is C28H29N7O. The van der Waals surface area contributed by atoms with Crippen LogP contribution in [0.2, 0.25) is 0 Å². The van der Waals surface area contributed by atoms with Crippen molar-refractivity contribution in [3.05, 3.63) is 117 Å². The highest BCUT2D eigenvalue weighted by Crippen LogP contribution is 2.22. The first kappa shape index (κ1) is 23.4. The first-order chi connectivity index (χ1) is 17.5. The van der Waals surface area contributed by atoms with Crippen LogP contribution in [0, 0.1) is 13.8 Å². The zero-order valence-corrected chi connectivity index (χ0v) is 20.5. The Morgan fingerprint density at radius 2 is 1.78 bits per heavy atom. The van der Waals surface area contributed by atoms with Gasteiger partial charge in [0.25, 0.3) is 0 Å². The Bertz CT molecular complexity index is 1550. The van der Waals surface area contributed by atoms with E-state index in [4.69, 9.17) is 5.73 Å². The van der Waals surface area contributed by atoms with Crippen molar-refractivity contribution in [1.29, 1.82) is 0 Å². The molecule has 36 heavy (non-hydrogen) atoms. The van der Waals surface area contributed by atoms with E-state index in [0.29, 0.717) is 25.3 Å². The molecule has 4 N–H and O–H groups in total.